The van der Waals surface area contributed by atoms with E-state index in [1.54, 1.807) is 23.5 Å². The number of ether oxygens (including phenoxy) is 1. The molecule has 0 saturated heterocycles. The number of fused-ring (bicyclic) bond motifs is 1. The Bertz CT molecular complexity index is 1170. The molecule has 31 heavy (non-hydrogen) atoms. The van der Waals surface area contributed by atoms with Crippen LogP contribution in [-0.4, -0.2) is 28.4 Å². The first-order valence-corrected chi connectivity index (χ1v) is 12.4. The van der Waals surface area contributed by atoms with Gasteiger partial charge < -0.3 is 9.30 Å². The number of aromatic nitrogens is 2. The third-order valence-corrected chi connectivity index (χ3v) is 6.73. The Labute approximate surface area is 191 Å². The Hall–Kier alpha value is -2.70. The zero-order valence-electron chi connectivity index (χ0n) is 17.6. The SMILES string of the molecule is CCOC(=O)c1ccc2c(c1)nc(SCc1ccc(SC)cc1)n2Cc1ccccc1. The minimum Gasteiger partial charge on any atom is -0.462 e. The van der Waals surface area contributed by atoms with Crippen molar-refractivity contribution in [1.82, 2.24) is 9.55 Å². The van der Waals surface area contributed by atoms with Gasteiger partial charge in [-0.2, -0.15) is 0 Å². The van der Waals surface area contributed by atoms with E-state index in [9.17, 15) is 4.79 Å². The number of esters is 1. The van der Waals surface area contributed by atoms with Crippen LogP contribution in [0.25, 0.3) is 11.0 Å². The van der Waals surface area contributed by atoms with Gasteiger partial charge in [-0.15, -0.1) is 11.8 Å². The van der Waals surface area contributed by atoms with Gasteiger partial charge >= 0.3 is 5.97 Å². The fourth-order valence-electron chi connectivity index (χ4n) is 3.35. The van der Waals surface area contributed by atoms with Gasteiger partial charge in [0.15, 0.2) is 5.16 Å². The Morgan fingerprint density at radius 1 is 1.00 bits per heavy atom. The van der Waals surface area contributed by atoms with Crippen molar-refractivity contribution in [2.24, 2.45) is 0 Å². The average Bonchev–Trinajstić information content (AvgIpc) is 3.15. The zero-order chi connectivity index (χ0) is 21.6. The lowest BCUT2D eigenvalue weighted by molar-refractivity contribution is 0.0526. The number of hydrogen-bond acceptors (Lipinski definition) is 5. The van der Waals surface area contributed by atoms with Crippen LogP contribution in [0.3, 0.4) is 0 Å². The number of carbonyl (C=O) groups excluding carboxylic acids is 1. The smallest absolute Gasteiger partial charge is 0.338 e. The van der Waals surface area contributed by atoms with Crippen LogP contribution in [0.1, 0.15) is 28.4 Å². The summed E-state index contributed by atoms with van der Waals surface area (Å²) in [5, 5.41) is 0.939. The second-order valence-corrected chi connectivity index (χ2v) is 8.85. The first kappa shape index (κ1) is 21.5. The third kappa shape index (κ3) is 5.14. The predicted molar refractivity (Wildman–Crippen MR) is 129 cm³/mol. The molecule has 0 saturated carbocycles. The van der Waals surface area contributed by atoms with Crippen LogP contribution < -0.4 is 0 Å². The number of rotatable bonds is 8. The summed E-state index contributed by atoms with van der Waals surface area (Å²) in [6, 6.07) is 24.6. The molecule has 0 aliphatic rings. The van der Waals surface area contributed by atoms with Crippen LogP contribution in [0.5, 0.6) is 0 Å². The third-order valence-electron chi connectivity index (χ3n) is 4.93. The first-order valence-electron chi connectivity index (χ1n) is 10.1. The summed E-state index contributed by atoms with van der Waals surface area (Å²) in [7, 11) is 0. The van der Waals surface area contributed by atoms with E-state index >= 15 is 0 Å². The van der Waals surface area contributed by atoms with Crippen molar-refractivity contribution >= 4 is 40.5 Å². The maximum atomic E-state index is 12.2. The summed E-state index contributed by atoms with van der Waals surface area (Å²) < 4.78 is 7.38. The summed E-state index contributed by atoms with van der Waals surface area (Å²) in [6.45, 7) is 2.89. The van der Waals surface area contributed by atoms with Crippen molar-refractivity contribution in [1.29, 1.82) is 0 Å². The molecule has 0 N–H and O–H groups in total. The summed E-state index contributed by atoms with van der Waals surface area (Å²) >= 11 is 3.46. The fourth-order valence-corrected chi connectivity index (χ4v) is 4.73. The van der Waals surface area contributed by atoms with Gasteiger partial charge in [-0.25, -0.2) is 9.78 Å². The Kier molecular flexibility index (Phi) is 6.99. The average molecular weight is 449 g/mol. The summed E-state index contributed by atoms with van der Waals surface area (Å²) in [5.41, 5.74) is 4.82. The van der Waals surface area contributed by atoms with E-state index in [1.807, 2.05) is 43.3 Å². The molecule has 0 amide bonds. The normalized spacial score (nSPS) is 11.0. The Morgan fingerprint density at radius 2 is 1.77 bits per heavy atom. The molecule has 4 nitrogen and oxygen atoms in total. The summed E-state index contributed by atoms with van der Waals surface area (Å²) in [4.78, 5) is 18.3. The van der Waals surface area contributed by atoms with E-state index in [0.29, 0.717) is 12.2 Å². The highest BCUT2D eigenvalue weighted by molar-refractivity contribution is 7.98. The van der Waals surface area contributed by atoms with Gasteiger partial charge in [-0.1, -0.05) is 54.2 Å². The van der Waals surface area contributed by atoms with E-state index in [2.05, 4.69) is 47.2 Å². The van der Waals surface area contributed by atoms with E-state index in [1.165, 1.54) is 16.0 Å². The van der Waals surface area contributed by atoms with Gasteiger partial charge in [0.25, 0.3) is 0 Å². The van der Waals surface area contributed by atoms with E-state index in [0.717, 1.165) is 28.5 Å². The molecule has 0 radical (unpaired) electrons. The van der Waals surface area contributed by atoms with E-state index in [-0.39, 0.29) is 5.97 Å². The van der Waals surface area contributed by atoms with Crippen LogP contribution in [0.2, 0.25) is 0 Å². The monoisotopic (exact) mass is 448 g/mol. The fraction of sp³-hybridized carbons (Fsp3) is 0.200. The van der Waals surface area contributed by atoms with Crippen molar-refractivity contribution in [2.75, 3.05) is 12.9 Å². The minimum absolute atomic E-state index is 0.315. The molecular weight excluding hydrogens is 424 g/mol. The number of hydrogen-bond donors (Lipinski definition) is 0. The standard InChI is InChI=1S/C25H24N2O2S2/c1-3-29-24(28)20-11-14-23-22(15-20)26-25(27(23)16-18-7-5-4-6-8-18)31-17-19-9-12-21(30-2)13-10-19/h4-15H,3,16-17H2,1-2H3. The highest BCUT2D eigenvalue weighted by Crippen LogP contribution is 2.29. The molecule has 0 aliphatic heterocycles. The molecular formula is C25H24N2O2S2. The first-order chi connectivity index (χ1) is 15.2. The largest absolute Gasteiger partial charge is 0.462 e. The van der Waals surface area contributed by atoms with Gasteiger partial charge in [-0.3, -0.25) is 0 Å². The van der Waals surface area contributed by atoms with Gasteiger partial charge in [0.1, 0.15) is 0 Å². The number of thioether (sulfide) groups is 2. The van der Waals surface area contributed by atoms with Gasteiger partial charge in [-0.05, 0) is 54.6 Å². The van der Waals surface area contributed by atoms with Gasteiger partial charge in [0.05, 0.1) is 29.7 Å². The van der Waals surface area contributed by atoms with Crippen LogP contribution in [0.4, 0.5) is 0 Å². The molecule has 1 aromatic heterocycles. The van der Waals surface area contributed by atoms with E-state index in [4.69, 9.17) is 9.72 Å². The molecule has 158 valence electrons. The minimum atomic E-state index is -0.315. The lowest BCUT2D eigenvalue weighted by Gasteiger charge is -2.10. The quantitative estimate of drug-likeness (QED) is 0.235. The number of nitrogens with zero attached hydrogens (tertiary/aromatic N) is 2. The summed E-state index contributed by atoms with van der Waals surface area (Å²) in [5.74, 6) is 0.516. The maximum absolute atomic E-state index is 12.2. The molecule has 3 aromatic carbocycles. The molecule has 0 fully saturated rings. The molecule has 4 aromatic rings. The second kappa shape index (κ2) is 10.1. The van der Waals surface area contributed by atoms with Crippen molar-refractivity contribution in [3.63, 3.8) is 0 Å². The Morgan fingerprint density at radius 3 is 2.48 bits per heavy atom. The zero-order valence-corrected chi connectivity index (χ0v) is 19.2. The predicted octanol–water partition coefficient (Wildman–Crippen LogP) is 6.28. The van der Waals surface area contributed by atoms with Gasteiger partial charge in [0, 0.05) is 10.6 Å². The molecule has 0 atom stereocenters. The second-order valence-electron chi connectivity index (χ2n) is 7.03. The molecule has 6 heteroatoms. The highest BCUT2D eigenvalue weighted by atomic mass is 32.2. The lowest BCUT2D eigenvalue weighted by Crippen LogP contribution is -2.04. The van der Waals surface area contributed by atoms with Crippen molar-refractivity contribution in [2.45, 2.75) is 29.3 Å². The van der Waals surface area contributed by atoms with Crippen molar-refractivity contribution < 1.29 is 9.53 Å². The topological polar surface area (TPSA) is 44.1 Å². The van der Waals surface area contributed by atoms with Crippen molar-refractivity contribution in [3.8, 4) is 0 Å². The maximum Gasteiger partial charge on any atom is 0.338 e. The molecule has 0 spiro atoms. The van der Waals surface area contributed by atoms with E-state index < -0.39 is 0 Å². The highest BCUT2D eigenvalue weighted by Gasteiger charge is 2.15. The van der Waals surface area contributed by atoms with Crippen LogP contribution in [-0.2, 0) is 17.0 Å². The lowest BCUT2D eigenvalue weighted by atomic mass is 10.2. The number of benzene rings is 3. The molecule has 0 aliphatic carbocycles. The number of imidazole rings is 1. The Balaban J connectivity index is 1.66. The van der Waals surface area contributed by atoms with Crippen LogP contribution in [0.15, 0.2) is 82.8 Å². The van der Waals surface area contributed by atoms with Crippen LogP contribution >= 0.6 is 23.5 Å². The summed E-state index contributed by atoms with van der Waals surface area (Å²) in [6.07, 6.45) is 2.08. The molecule has 4 rings (SSSR count). The number of carbonyl (C=O) groups is 1. The van der Waals surface area contributed by atoms with Crippen LogP contribution in [0, 0.1) is 0 Å². The van der Waals surface area contributed by atoms with Gasteiger partial charge in [0.2, 0.25) is 0 Å². The van der Waals surface area contributed by atoms with Crippen molar-refractivity contribution in [3.05, 3.63) is 89.5 Å². The molecule has 1 heterocycles. The molecule has 0 bridgehead atoms. The molecule has 0 unspecified atom stereocenters.